The predicted molar refractivity (Wildman–Crippen MR) is 32.8 cm³/mol. The van der Waals surface area contributed by atoms with Crippen LogP contribution < -0.4 is 0 Å². The fourth-order valence-corrected chi connectivity index (χ4v) is 0.144. The van der Waals surface area contributed by atoms with Crippen molar-refractivity contribution in [2.24, 2.45) is 0 Å². The topological polar surface area (TPSA) is 29.5 Å². The van der Waals surface area contributed by atoms with Gasteiger partial charge in [-0.25, -0.2) is 0 Å². The molecule has 0 aliphatic carbocycles. The second-order valence-electron chi connectivity index (χ2n) is 1.69. The zero-order chi connectivity index (χ0) is 6.24. The minimum atomic E-state index is 0.319. The van der Waals surface area contributed by atoms with E-state index in [0.717, 1.165) is 19.6 Å². The second-order valence-corrected chi connectivity index (χ2v) is 1.69. The first-order valence-corrected chi connectivity index (χ1v) is 3.10. The number of rotatable bonds is 1. The van der Waals surface area contributed by atoms with Gasteiger partial charge in [0.05, 0.1) is 0 Å². The van der Waals surface area contributed by atoms with Gasteiger partial charge in [-0.15, -0.1) is 0 Å². The van der Waals surface area contributed by atoms with E-state index in [1.54, 1.807) is 0 Å². The van der Waals surface area contributed by atoms with E-state index in [1.165, 1.54) is 6.42 Å². The van der Waals surface area contributed by atoms with Gasteiger partial charge in [0, 0.05) is 19.8 Å². The van der Waals surface area contributed by atoms with Crippen LogP contribution in [0.5, 0.6) is 0 Å². The summed E-state index contributed by atoms with van der Waals surface area (Å²) in [5.74, 6) is 0. The van der Waals surface area contributed by atoms with Crippen LogP contribution in [-0.4, -0.2) is 24.9 Å². The minimum absolute atomic E-state index is 0.319. The van der Waals surface area contributed by atoms with Gasteiger partial charge in [-0.2, -0.15) is 0 Å². The van der Waals surface area contributed by atoms with Crippen molar-refractivity contribution in [3.8, 4) is 0 Å². The monoisotopic (exact) mass is 118 g/mol. The first kappa shape index (κ1) is 7.92. The summed E-state index contributed by atoms with van der Waals surface area (Å²) in [6, 6.07) is 0. The molecule has 0 aromatic heterocycles. The summed E-state index contributed by atoms with van der Waals surface area (Å²) in [6.07, 6.45) is 2.15. The van der Waals surface area contributed by atoms with Crippen LogP contribution in [0, 0.1) is 0 Å². The normalized spacial score (nSPS) is 15.8. The van der Waals surface area contributed by atoms with Gasteiger partial charge in [-0.05, 0) is 12.8 Å². The van der Waals surface area contributed by atoms with Crippen molar-refractivity contribution < 1.29 is 9.84 Å². The average molecular weight is 118 g/mol. The standard InChI is InChI=1S/C3H6O.C3H8O/c1-2-4-3-1;1-2-3-4/h1-3H2;4H,2-3H2,1H3. The third-order valence-electron chi connectivity index (χ3n) is 0.801. The number of ether oxygens (including phenoxy) is 1. The van der Waals surface area contributed by atoms with Crippen LogP contribution >= 0.6 is 0 Å². The molecule has 50 valence electrons. The molecule has 8 heavy (non-hydrogen) atoms. The van der Waals surface area contributed by atoms with Crippen molar-refractivity contribution in [3.05, 3.63) is 0 Å². The highest BCUT2D eigenvalue weighted by atomic mass is 16.5. The van der Waals surface area contributed by atoms with Gasteiger partial charge in [0.15, 0.2) is 0 Å². The minimum Gasteiger partial charge on any atom is -0.396 e. The molecule has 1 fully saturated rings. The quantitative estimate of drug-likeness (QED) is 0.551. The van der Waals surface area contributed by atoms with E-state index >= 15 is 0 Å². The first-order valence-electron chi connectivity index (χ1n) is 3.10. The summed E-state index contributed by atoms with van der Waals surface area (Å²) in [7, 11) is 0. The lowest BCUT2D eigenvalue weighted by atomic mass is 10.4. The van der Waals surface area contributed by atoms with Gasteiger partial charge in [0.25, 0.3) is 0 Å². The number of aliphatic hydroxyl groups is 1. The molecule has 0 aromatic rings. The molecule has 1 aliphatic heterocycles. The molecule has 2 heteroatoms. The molecular weight excluding hydrogens is 104 g/mol. The van der Waals surface area contributed by atoms with Gasteiger partial charge in [-0.3, -0.25) is 0 Å². The molecule has 1 N–H and O–H groups in total. The fraction of sp³-hybridized carbons (Fsp3) is 1.00. The molecule has 1 heterocycles. The average Bonchev–Trinajstić information content (AvgIpc) is 1.61. The Morgan fingerprint density at radius 3 is 1.75 bits per heavy atom. The Labute approximate surface area is 50.5 Å². The summed E-state index contributed by atoms with van der Waals surface area (Å²) < 4.78 is 4.72. The van der Waals surface area contributed by atoms with Crippen LogP contribution in [0.25, 0.3) is 0 Å². The maximum atomic E-state index is 7.88. The molecule has 0 atom stereocenters. The van der Waals surface area contributed by atoms with Crippen LogP contribution in [0.2, 0.25) is 0 Å². The highest BCUT2D eigenvalue weighted by molar-refractivity contribution is 4.41. The molecule has 2 nitrogen and oxygen atoms in total. The van der Waals surface area contributed by atoms with Gasteiger partial charge in [0.1, 0.15) is 0 Å². The Morgan fingerprint density at radius 1 is 1.50 bits per heavy atom. The summed E-state index contributed by atoms with van der Waals surface area (Å²) in [5, 5.41) is 7.88. The third kappa shape index (κ3) is 5.92. The summed E-state index contributed by atoms with van der Waals surface area (Å²) in [4.78, 5) is 0. The fourth-order valence-electron chi connectivity index (χ4n) is 0.144. The molecule has 0 bridgehead atoms. The van der Waals surface area contributed by atoms with Crippen molar-refractivity contribution in [1.82, 2.24) is 0 Å². The maximum absolute atomic E-state index is 7.88. The van der Waals surface area contributed by atoms with Gasteiger partial charge >= 0.3 is 0 Å². The van der Waals surface area contributed by atoms with E-state index < -0.39 is 0 Å². The molecule has 1 rings (SSSR count). The predicted octanol–water partition coefficient (Wildman–Crippen LogP) is 0.795. The number of hydrogen-bond donors (Lipinski definition) is 1. The van der Waals surface area contributed by atoms with Crippen molar-refractivity contribution >= 4 is 0 Å². The molecule has 1 saturated heterocycles. The van der Waals surface area contributed by atoms with E-state index in [1.807, 2.05) is 6.92 Å². The summed E-state index contributed by atoms with van der Waals surface area (Å²) >= 11 is 0. The molecular formula is C6H14O2. The summed E-state index contributed by atoms with van der Waals surface area (Å²) in [5.41, 5.74) is 0. The van der Waals surface area contributed by atoms with Crippen LogP contribution in [-0.2, 0) is 4.74 Å². The van der Waals surface area contributed by atoms with Gasteiger partial charge < -0.3 is 9.84 Å². The molecule has 0 aromatic carbocycles. The second kappa shape index (κ2) is 6.92. The van der Waals surface area contributed by atoms with Crippen molar-refractivity contribution in [2.45, 2.75) is 19.8 Å². The Kier molecular flexibility index (Phi) is 6.85. The summed E-state index contributed by atoms with van der Waals surface area (Å²) in [6.45, 7) is 4.25. The lowest BCUT2D eigenvalue weighted by Gasteiger charge is -2.09. The Bertz CT molecular complexity index is 27.5. The Balaban J connectivity index is 0.000000122. The molecule has 0 spiro atoms. The molecule has 0 unspecified atom stereocenters. The van der Waals surface area contributed by atoms with Crippen LogP contribution in [0.15, 0.2) is 0 Å². The van der Waals surface area contributed by atoms with Crippen LogP contribution in [0.4, 0.5) is 0 Å². The van der Waals surface area contributed by atoms with Gasteiger partial charge in [0.2, 0.25) is 0 Å². The Hall–Kier alpha value is -0.0800. The first-order chi connectivity index (χ1) is 3.91. The highest BCUT2D eigenvalue weighted by Crippen LogP contribution is 1.93. The number of aliphatic hydroxyl groups excluding tert-OH is 1. The van der Waals surface area contributed by atoms with Crippen molar-refractivity contribution in [2.75, 3.05) is 19.8 Å². The smallest absolute Gasteiger partial charge is 0.0488 e. The van der Waals surface area contributed by atoms with Crippen LogP contribution in [0.1, 0.15) is 19.8 Å². The molecule has 0 saturated carbocycles. The molecule has 0 amide bonds. The highest BCUT2D eigenvalue weighted by Gasteiger charge is 1.94. The van der Waals surface area contributed by atoms with Crippen LogP contribution in [0.3, 0.4) is 0 Å². The van der Waals surface area contributed by atoms with E-state index in [2.05, 4.69) is 0 Å². The SMILES string of the molecule is C1COC1.CCCO. The number of hydrogen-bond acceptors (Lipinski definition) is 2. The van der Waals surface area contributed by atoms with E-state index in [-0.39, 0.29) is 0 Å². The van der Waals surface area contributed by atoms with Crippen molar-refractivity contribution in [1.29, 1.82) is 0 Å². The van der Waals surface area contributed by atoms with Gasteiger partial charge in [-0.1, -0.05) is 6.92 Å². The lowest BCUT2D eigenvalue weighted by Crippen LogP contribution is -2.09. The lowest BCUT2D eigenvalue weighted by molar-refractivity contribution is 0.0367. The zero-order valence-corrected chi connectivity index (χ0v) is 5.39. The molecule has 0 radical (unpaired) electrons. The van der Waals surface area contributed by atoms with Crippen molar-refractivity contribution in [3.63, 3.8) is 0 Å². The largest absolute Gasteiger partial charge is 0.396 e. The van der Waals surface area contributed by atoms with E-state index in [9.17, 15) is 0 Å². The molecule has 1 aliphatic rings. The van der Waals surface area contributed by atoms with E-state index in [0.29, 0.717) is 6.61 Å². The van der Waals surface area contributed by atoms with E-state index in [4.69, 9.17) is 9.84 Å². The zero-order valence-electron chi connectivity index (χ0n) is 5.39. The third-order valence-corrected chi connectivity index (χ3v) is 0.801. The Morgan fingerprint density at radius 2 is 1.75 bits per heavy atom. The maximum Gasteiger partial charge on any atom is 0.0488 e.